The van der Waals surface area contributed by atoms with Crippen molar-refractivity contribution in [3.05, 3.63) is 66.8 Å². The second-order valence-corrected chi connectivity index (χ2v) is 6.45. The van der Waals surface area contributed by atoms with E-state index in [1.807, 2.05) is 59.2 Å². The topological polar surface area (TPSA) is 85.8 Å². The first-order valence-corrected chi connectivity index (χ1v) is 8.96. The highest BCUT2D eigenvalue weighted by Crippen LogP contribution is 2.19. The van der Waals surface area contributed by atoms with Gasteiger partial charge in [0.2, 0.25) is 11.8 Å². The van der Waals surface area contributed by atoms with Crippen molar-refractivity contribution in [1.82, 2.24) is 19.7 Å². The van der Waals surface area contributed by atoms with E-state index in [0.29, 0.717) is 17.7 Å². The number of thioether (sulfide) groups is 1. The molecule has 0 fully saturated rings. The number of benzene rings is 2. The largest absolute Gasteiger partial charge is 0.414 e. The zero-order chi connectivity index (χ0) is 17.8. The molecule has 0 aliphatic heterocycles. The van der Waals surface area contributed by atoms with Gasteiger partial charge in [-0.15, -0.1) is 10.2 Å². The number of hydrogen-bond donors (Lipinski definition) is 1. The number of anilines is 1. The molecular formula is C18H15N5O2S. The molecule has 1 N–H and O–H groups in total. The molecule has 8 heteroatoms. The predicted octanol–water partition coefficient (Wildman–Crippen LogP) is 3.20. The highest BCUT2D eigenvalue weighted by atomic mass is 32.2. The van der Waals surface area contributed by atoms with Gasteiger partial charge in [-0.05, 0) is 24.3 Å². The lowest BCUT2D eigenvalue weighted by atomic mass is 10.3. The summed E-state index contributed by atoms with van der Waals surface area (Å²) in [5.74, 6) is 0.547. The molecule has 0 saturated carbocycles. The van der Waals surface area contributed by atoms with Crippen molar-refractivity contribution < 1.29 is 9.21 Å². The van der Waals surface area contributed by atoms with Gasteiger partial charge >= 0.3 is 0 Å². The number of nitrogens with one attached hydrogen (secondary N) is 1. The van der Waals surface area contributed by atoms with Gasteiger partial charge in [-0.25, -0.2) is 4.98 Å². The van der Waals surface area contributed by atoms with Crippen LogP contribution in [0.2, 0.25) is 0 Å². The summed E-state index contributed by atoms with van der Waals surface area (Å²) in [6.45, 7) is 0.435. The van der Waals surface area contributed by atoms with Gasteiger partial charge in [0.1, 0.15) is 6.54 Å². The number of hydrogen-bond acceptors (Lipinski definition) is 6. The Kier molecular flexibility index (Phi) is 4.65. The molecule has 2 heterocycles. The van der Waals surface area contributed by atoms with Crippen LogP contribution in [0.5, 0.6) is 0 Å². The molecule has 26 heavy (non-hydrogen) atoms. The fourth-order valence-corrected chi connectivity index (χ4v) is 3.07. The zero-order valence-corrected chi connectivity index (χ0v) is 14.5. The van der Waals surface area contributed by atoms with Crippen LogP contribution in [-0.2, 0) is 11.3 Å². The molecular weight excluding hydrogens is 350 g/mol. The van der Waals surface area contributed by atoms with E-state index in [2.05, 4.69) is 20.5 Å². The number of fused-ring (bicyclic) bond motifs is 1. The molecule has 0 atom stereocenters. The van der Waals surface area contributed by atoms with E-state index in [0.717, 1.165) is 16.7 Å². The summed E-state index contributed by atoms with van der Waals surface area (Å²) in [4.78, 5) is 16.3. The van der Waals surface area contributed by atoms with E-state index in [1.165, 1.54) is 11.8 Å². The first-order valence-electron chi connectivity index (χ1n) is 7.98. The molecule has 130 valence electrons. The minimum Gasteiger partial charge on any atom is -0.414 e. The van der Waals surface area contributed by atoms with Crippen molar-refractivity contribution in [2.75, 3.05) is 11.1 Å². The average Bonchev–Trinajstić information content (AvgIpc) is 3.29. The first-order chi connectivity index (χ1) is 12.8. The monoisotopic (exact) mass is 365 g/mol. The van der Waals surface area contributed by atoms with Gasteiger partial charge in [-0.2, -0.15) is 0 Å². The number of aromatic nitrogens is 4. The van der Waals surface area contributed by atoms with E-state index in [1.54, 1.807) is 6.33 Å². The third-order valence-electron chi connectivity index (χ3n) is 3.67. The Balaban J connectivity index is 1.35. The van der Waals surface area contributed by atoms with Crippen LogP contribution in [-0.4, -0.2) is 31.4 Å². The van der Waals surface area contributed by atoms with E-state index < -0.39 is 0 Å². The molecule has 4 rings (SSSR count). The number of rotatable bonds is 6. The van der Waals surface area contributed by atoms with Gasteiger partial charge < -0.3 is 14.3 Å². The van der Waals surface area contributed by atoms with Crippen molar-refractivity contribution in [2.45, 2.75) is 11.8 Å². The molecule has 1 amide bonds. The summed E-state index contributed by atoms with van der Waals surface area (Å²) in [5.41, 5.74) is 2.68. The summed E-state index contributed by atoms with van der Waals surface area (Å²) in [6, 6.07) is 17.1. The van der Waals surface area contributed by atoms with E-state index in [-0.39, 0.29) is 11.7 Å². The number of carbonyl (C=O) groups excluding carboxylic acids is 1. The highest BCUT2D eigenvalue weighted by Gasteiger charge is 2.11. The molecule has 2 aromatic heterocycles. The number of nitrogens with zero attached hydrogens (tertiary/aromatic N) is 4. The molecule has 0 saturated heterocycles. The van der Waals surface area contributed by atoms with Gasteiger partial charge in [0.25, 0.3) is 5.22 Å². The van der Waals surface area contributed by atoms with Crippen LogP contribution in [0.15, 0.2) is 70.6 Å². The summed E-state index contributed by atoms with van der Waals surface area (Å²) in [5, 5.41) is 11.2. The van der Waals surface area contributed by atoms with Crippen LogP contribution in [0.3, 0.4) is 0 Å². The molecule has 2 aromatic carbocycles. The average molecular weight is 365 g/mol. The van der Waals surface area contributed by atoms with E-state index in [9.17, 15) is 4.79 Å². The van der Waals surface area contributed by atoms with Crippen LogP contribution in [0.4, 0.5) is 5.69 Å². The Morgan fingerprint density at radius 3 is 2.77 bits per heavy atom. The van der Waals surface area contributed by atoms with E-state index in [4.69, 9.17) is 4.42 Å². The SMILES string of the molecule is O=C(CSc1nnc(Cn2cnc3ccccc32)o1)Nc1ccccc1. The smallest absolute Gasteiger partial charge is 0.277 e. The van der Waals surface area contributed by atoms with Crippen LogP contribution in [0, 0.1) is 0 Å². The maximum absolute atomic E-state index is 12.0. The second-order valence-electron chi connectivity index (χ2n) is 5.53. The first kappa shape index (κ1) is 16.3. The van der Waals surface area contributed by atoms with Gasteiger partial charge in [0.15, 0.2) is 0 Å². The fourth-order valence-electron chi connectivity index (χ4n) is 2.49. The van der Waals surface area contributed by atoms with Gasteiger partial charge in [0, 0.05) is 5.69 Å². The van der Waals surface area contributed by atoms with Gasteiger partial charge in [0.05, 0.1) is 23.1 Å². The number of para-hydroxylation sites is 3. The van der Waals surface area contributed by atoms with Gasteiger partial charge in [-0.3, -0.25) is 4.79 Å². The summed E-state index contributed by atoms with van der Waals surface area (Å²) < 4.78 is 7.56. The number of imidazole rings is 1. The highest BCUT2D eigenvalue weighted by molar-refractivity contribution is 7.99. The summed E-state index contributed by atoms with van der Waals surface area (Å²) in [6.07, 6.45) is 1.75. The Bertz CT molecular complexity index is 1030. The van der Waals surface area contributed by atoms with Crippen LogP contribution in [0.1, 0.15) is 5.89 Å². The molecule has 0 aliphatic carbocycles. The van der Waals surface area contributed by atoms with Crippen LogP contribution >= 0.6 is 11.8 Å². The summed E-state index contributed by atoms with van der Waals surface area (Å²) >= 11 is 1.21. The Morgan fingerprint density at radius 1 is 1.08 bits per heavy atom. The molecule has 0 unspecified atom stereocenters. The third-order valence-corrected chi connectivity index (χ3v) is 4.48. The Morgan fingerprint density at radius 2 is 1.88 bits per heavy atom. The standard InChI is InChI=1S/C18H15N5O2S/c24-16(20-13-6-2-1-3-7-13)11-26-18-22-21-17(25-18)10-23-12-19-14-8-4-5-9-15(14)23/h1-9,12H,10-11H2,(H,20,24). The minimum absolute atomic E-state index is 0.124. The van der Waals surface area contributed by atoms with Crippen molar-refractivity contribution in [3.8, 4) is 0 Å². The maximum Gasteiger partial charge on any atom is 0.277 e. The number of amides is 1. The van der Waals surface area contributed by atoms with Crippen molar-refractivity contribution >= 4 is 34.4 Å². The van der Waals surface area contributed by atoms with E-state index >= 15 is 0 Å². The molecule has 0 bridgehead atoms. The molecule has 0 aliphatic rings. The summed E-state index contributed by atoms with van der Waals surface area (Å²) in [7, 11) is 0. The lowest BCUT2D eigenvalue weighted by Gasteiger charge is -2.02. The quantitative estimate of drug-likeness (QED) is 0.528. The Hall–Kier alpha value is -3.13. The predicted molar refractivity (Wildman–Crippen MR) is 98.9 cm³/mol. The lowest BCUT2D eigenvalue weighted by molar-refractivity contribution is -0.113. The normalized spacial score (nSPS) is 10.9. The van der Waals surface area contributed by atoms with Crippen LogP contribution < -0.4 is 5.32 Å². The minimum atomic E-state index is -0.124. The van der Waals surface area contributed by atoms with Crippen molar-refractivity contribution in [3.63, 3.8) is 0 Å². The van der Waals surface area contributed by atoms with Crippen molar-refractivity contribution in [2.24, 2.45) is 0 Å². The fraction of sp³-hybridized carbons (Fsp3) is 0.111. The molecule has 7 nitrogen and oxygen atoms in total. The molecule has 0 spiro atoms. The van der Waals surface area contributed by atoms with Crippen LogP contribution in [0.25, 0.3) is 11.0 Å². The molecule has 4 aromatic rings. The maximum atomic E-state index is 12.0. The Labute approximate surface area is 153 Å². The van der Waals surface area contributed by atoms with Crippen molar-refractivity contribution in [1.29, 1.82) is 0 Å². The lowest BCUT2D eigenvalue weighted by Crippen LogP contribution is -2.13. The third kappa shape index (κ3) is 3.75. The van der Waals surface area contributed by atoms with Gasteiger partial charge in [-0.1, -0.05) is 42.1 Å². The zero-order valence-electron chi connectivity index (χ0n) is 13.7. The molecule has 0 radical (unpaired) electrons. The number of carbonyl (C=O) groups is 1. The second kappa shape index (κ2) is 7.40.